The van der Waals surface area contributed by atoms with Crippen LogP contribution in [0.3, 0.4) is 0 Å². The topological polar surface area (TPSA) is 57.6 Å². The molecule has 1 aromatic rings. The van der Waals surface area contributed by atoms with Crippen molar-refractivity contribution < 1.29 is 14.7 Å². The number of nitrogens with zero attached hydrogens (tertiary/aromatic N) is 1. The Labute approximate surface area is 122 Å². The van der Waals surface area contributed by atoms with E-state index < -0.39 is 11.4 Å². The number of amides is 1. The lowest BCUT2D eigenvalue weighted by Crippen LogP contribution is -2.49. The van der Waals surface area contributed by atoms with Crippen LogP contribution in [0.1, 0.15) is 34.5 Å². The Morgan fingerprint density at radius 2 is 2.35 bits per heavy atom. The van der Waals surface area contributed by atoms with Crippen LogP contribution < -0.4 is 0 Å². The van der Waals surface area contributed by atoms with Crippen molar-refractivity contribution in [3.63, 3.8) is 0 Å². The highest BCUT2D eigenvalue weighted by molar-refractivity contribution is 7.12. The second kappa shape index (κ2) is 5.79. The van der Waals surface area contributed by atoms with Gasteiger partial charge in [-0.05, 0) is 43.2 Å². The summed E-state index contributed by atoms with van der Waals surface area (Å²) in [7, 11) is 0. The summed E-state index contributed by atoms with van der Waals surface area (Å²) in [4.78, 5) is 26.5. The first-order valence-corrected chi connectivity index (χ1v) is 7.56. The molecule has 1 atom stereocenters. The van der Waals surface area contributed by atoms with Gasteiger partial charge in [0.25, 0.3) is 5.91 Å². The van der Waals surface area contributed by atoms with Gasteiger partial charge in [0.1, 0.15) is 0 Å². The van der Waals surface area contributed by atoms with E-state index in [1.54, 1.807) is 11.0 Å². The zero-order chi connectivity index (χ0) is 14.8. The van der Waals surface area contributed by atoms with E-state index in [0.29, 0.717) is 24.3 Å². The van der Waals surface area contributed by atoms with Gasteiger partial charge >= 0.3 is 5.97 Å². The van der Waals surface area contributed by atoms with Gasteiger partial charge in [0.15, 0.2) is 0 Å². The van der Waals surface area contributed by atoms with E-state index in [4.69, 9.17) is 0 Å². The van der Waals surface area contributed by atoms with Crippen LogP contribution in [-0.2, 0) is 4.79 Å². The molecule has 108 valence electrons. The predicted molar refractivity (Wildman–Crippen MR) is 79.1 cm³/mol. The second-order valence-electron chi connectivity index (χ2n) is 5.34. The molecule has 0 radical (unpaired) electrons. The second-order valence-corrected chi connectivity index (χ2v) is 6.26. The third-order valence-corrected chi connectivity index (χ3v) is 4.91. The lowest BCUT2D eigenvalue weighted by atomic mass is 9.77. The largest absolute Gasteiger partial charge is 0.481 e. The molecule has 1 amide bonds. The van der Waals surface area contributed by atoms with Gasteiger partial charge < -0.3 is 10.0 Å². The van der Waals surface area contributed by atoms with Gasteiger partial charge in [-0.25, -0.2) is 0 Å². The zero-order valence-corrected chi connectivity index (χ0v) is 12.4. The number of piperidine rings is 1. The lowest BCUT2D eigenvalue weighted by molar-refractivity contribution is -0.151. The highest BCUT2D eigenvalue weighted by atomic mass is 32.1. The minimum atomic E-state index is -0.874. The Kier molecular flexibility index (Phi) is 4.28. The first-order chi connectivity index (χ1) is 9.50. The van der Waals surface area contributed by atoms with E-state index in [1.807, 2.05) is 18.4 Å². The molecule has 2 rings (SSSR count). The van der Waals surface area contributed by atoms with Crippen LogP contribution in [0.5, 0.6) is 0 Å². The zero-order valence-electron chi connectivity index (χ0n) is 11.6. The fraction of sp³-hybridized carbons (Fsp3) is 0.467. The number of hydrogen-bond acceptors (Lipinski definition) is 3. The molecule has 0 aromatic carbocycles. The number of carboxylic acids is 1. The SMILES string of the molecule is C=CC[C@]1(C(=O)O)CCCN(C(=O)c2sccc2C)C1. The van der Waals surface area contributed by atoms with Gasteiger partial charge in [0, 0.05) is 13.1 Å². The molecule has 1 N–H and O–H groups in total. The maximum atomic E-state index is 12.5. The lowest BCUT2D eigenvalue weighted by Gasteiger charge is -2.39. The molecule has 0 bridgehead atoms. The van der Waals surface area contributed by atoms with Gasteiger partial charge in [-0.3, -0.25) is 9.59 Å². The predicted octanol–water partition coefficient (Wildman–Crippen LogP) is 2.94. The summed E-state index contributed by atoms with van der Waals surface area (Å²) in [6, 6.07) is 1.91. The summed E-state index contributed by atoms with van der Waals surface area (Å²) in [6.45, 7) is 6.45. The van der Waals surface area contributed by atoms with Gasteiger partial charge in [-0.15, -0.1) is 17.9 Å². The molecule has 1 aliphatic rings. The van der Waals surface area contributed by atoms with Crippen LogP contribution in [0.25, 0.3) is 0 Å². The quantitative estimate of drug-likeness (QED) is 0.868. The van der Waals surface area contributed by atoms with E-state index in [1.165, 1.54) is 11.3 Å². The summed E-state index contributed by atoms with van der Waals surface area (Å²) >= 11 is 1.41. The Morgan fingerprint density at radius 1 is 1.60 bits per heavy atom. The molecule has 0 spiro atoms. The minimum absolute atomic E-state index is 0.0492. The number of thiophene rings is 1. The average molecular weight is 293 g/mol. The van der Waals surface area contributed by atoms with Crippen LogP contribution in [0, 0.1) is 12.3 Å². The number of likely N-dealkylation sites (tertiary alicyclic amines) is 1. The number of carbonyl (C=O) groups excluding carboxylic acids is 1. The highest BCUT2D eigenvalue weighted by Crippen LogP contribution is 2.35. The van der Waals surface area contributed by atoms with E-state index >= 15 is 0 Å². The summed E-state index contributed by atoms with van der Waals surface area (Å²) in [6.07, 6.45) is 3.35. The van der Waals surface area contributed by atoms with Crippen molar-refractivity contribution in [2.24, 2.45) is 5.41 Å². The number of rotatable bonds is 4. The number of aliphatic carboxylic acids is 1. The van der Waals surface area contributed by atoms with Crippen LogP contribution >= 0.6 is 11.3 Å². The third-order valence-electron chi connectivity index (χ3n) is 3.91. The van der Waals surface area contributed by atoms with E-state index in [2.05, 4.69) is 6.58 Å². The summed E-state index contributed by atoms with van der Waals surface area (Å²) in [5.41, 5.74) is 0.0797. The van der Waals surface area contributed by atoms with Crippen LogP contribution in [-0.4, -0.2) is 35.0 Å². The van der Waals surface area contributed by atoms with E-state index in [0.717, 1.165) is 12.0 Å². The van der Waals surface area contributed by atoms with Crippen molar-refractivity contribution in [3.8, 4) is 0 Å². The van der Waals surface area contributed by atoms with Crippen molar-refractivity contribution in [1.82, 2.24) is 4.90 Å². The monoisotopic (exact) mass is 293 g/mol. The van der Waals surface area contributed by atoms with Crippen molar-refractivity contribution in [1.29, 1.82) is 0 Å². The molecule has 4 nitrogen and oxygen atoms in total. The first kappa shape index (κ1) is 14.8. The first-order valence-electron chi connectivity index (χ1n) is 6.68. The van der Waals surface area contributed by atoms with Crippen molar-refractivity contribution in [3.05, 3.63) is 34.5 Å². The molecular formula is C15H19NO3S. The van der Waals surface area contributed by atoms with Gasteiger partial charge in [0.05, 0.1) is 10.3 Å². The molecule has 0 saturated carbocycles. The molecule has 1 aliphatic heterocycles. The van der Waals surface area contributed by atoms with Crippen LogP contribution in [0.4, 0.5) is 0 Å². The normalized spacial score (nSPS) is 22.6. The van der Waals surface area contributed by atoms with Crippen molar-refractivity contribution in [2.45, 2.75) is 26.2 Å². The average Bonchev–Trinajstić information content (AvgIpc) is 2.84. The number of carbonyl (C=O) groups is 2. The molecule has 20 heavy (non-hydrogen) atoms. The Morgan fingerprint density at radius 3 is 2.90 bits per heavy atom. The minimum Gasteiger partial charge on any atom is -0.481 e. The number of hydrogen-bond donors (Lipinski definition) is 1. The molecule has 0 aliphatic carbocycles. The number of allylic oxidation sites excluding steroid dienone is 1. The van der Waals surface area contributed by atoms with Crippen LogP contribution in [0.15, 0.2) is 24.1 Å². The molecule has 0 unspecified atom stereocenters. The fourth-order valence-corrected chi connectivity index (χ4v) is 3.64. The van der Waals surface area contributed by atoms with Gasteiger partial charge in [0.2, 0.25) is 0 Å². The fourth-order valence-electron chi connectivity index (χ4n) is 2.75. The molecule has 1 fully saturated rings. The summed E-state index contributed by atoms with van der Waals surface area (Å²) in [5.74, 6) is -0.885. The number of carboxylic acid groups (broad SMARTS) is 1. The Hall–Kier alpha value is -1.62. The maximum Gasteiger partial charge on any atom is 0.311 e. The van der Waals surface area contributed by atoms with Gasteiger partial charge in [-0.1, -0.05) is 6.08 Å². The maximum absolute atomic E-state index is 12.5. The van der Waals surface area contributed by atoms with E-state index in [9.17, 15) is 14.7 Å². The molecule has 1 aromatic heterocycles. The molecule has 1 saturated heterocycles. The Balaban J connectivity index is 2.22. The standard InChI is InChI=1S/C15H19NO3S/c1-3-6-15(14(18)19)7-4-8-16(10-15)13(17)12-11(2)5-9-20-12/h3,5,9H,1,4,6-8,10H2,2H3,(H,18,19)/t15-/m0/s1. The number of aryl methyl sites for hydroxylation is 1. The molecule has 5 heteroatoms. The van der Waals surface area contributed by atoms with Crippen LogP contribution in [0.2, 0.25) is 0 Å². The van der Waals surface area contributed by atoms with Crippen molar-refractivity contribution in [2.75, 3.05) is 13.1 Å². The van der Waals surface area contributed by atoms with Crippen molar-refractivity contribution >= 4 is 23.2 Å². The molecule has 2 heterocycles. The van der Waals surface area contributed by atoms with Gasteiger partial charge in [-0.2, -0.15) is 0 Å². The molecular weight excluding hydrogens is 274 g/mol. The summed E-state index contributed by atoms with van der Waals surface area (Å²) in [5, 5.41) is 11.4. The van der Waals surface area contributed by atoms with E-state index in [-0.39, 0.29) is 12.5 Å². The third kappa shape index (κ3) is 2.63. The smallest absolute Gasteiger partial charge is 0.311 e. The Bertz CT molecular complexity index is 537. The highest BCUT2D eigenvalue weighted by Gasteiger charge is 2.42. The summed E-state index contributed by atoms with van der Waals surface area (Å²) < 4.78 is 0.